The van der Waals surface area contributed by atoms with Crippen LogP contribution >= 0.6 is 0 Å². The van der Waals surface area contributed by atoms with Crippen molar-refractivity contribution in [1.82, 2.24) is 0 Å². The van der Waals surface area contributed by atoms with Gasteiger partial charge in [0.25, 0.3) is 0 Å². The molecule has 4 nitrogen and oxygen atoms in total. The lowest BCUT2D eigenvalue weighted by atomic mass is 10.1. The van der Waals surface area contributed by atoms with E-state index in [0.717, 1.165) is 5.56 Å². The summed E-state index contributed by atoms with van der Waals surface area (Å²) < 4.78 is 0. The summed E-state index contributed by atoms with van der Waals surface area (Å²) in [5.41, 5.74) is 7.83. The summed E-state index contributed by atoms with van der Waals surface area (Å²) in [5, 5.41) is 0. The van der Waals surface area contributed by atoms with Crippen molar-refractivity contribution in [3.05, 3.63) is 23.8 Å². The van der Waals surface area contributed by atoms with Gasteiger partial charge < -0.3 is 5.73 Å². The number of nitrogens with two attached hydrogens (primary N) is 1. The number of piperidine rings is 1. The minimum atomic E-state index is -0.160. The first kappa shape index (κ1) is 10.7. The molecule has 1 heterocycles. The van der Waals surface area contributed by atoms with Crippen LogP contribution in [0.4, 0.5) is 11.4 Å². The minimum Gasteiger partial charge on any atom is -0.397 e. The molecule has 1 aromatic carbocycles. The lowest BCUT2D eigenvalue weighted by molar-refractivity contribution is -0.129. The van der Waals surface area contributed by atoms with E-state index >= 15 is 0 Å². The Labute approximate surface area is 94.0 Å². The highest BCUT2D eigenvalue weighted by atomic mass is 16.2. The van der Waals surface area contributed by atoms with Crippen molar-refractivity contribution in [2.24, 2.45) is 0 Å². The Balaban J connectivity index is 2.42. The third-order valence-electron chi connectivity index (χ3n) is 2.70. The summed E-state index contributed by atoms with van der Waals surface area (Å²) in [6.45, 7) is 1.92. The van der Waals surface area contributed by atoms with Crippen LogP contribution in [0.5, 0.6) is 0 Å². The Bertz CT molecular complexity index is 438. The van der Waals surface area contributed by atoms with Gasteiger partial charge in [-0.3, -0.25) is 9.59 Å². The highest BCUT2D eigenvalue weighted by Gasteiger charge is 2.28. The maximum atomic E-state index is 11.7. The Hall–Kier alpha value is -1.84. The van der Waals surface area contributed by atoms with Crippen molar-refractivity contribution in [3.63, 3.8) is 0 Å². The molecule has 2 amide bonds. The van der Waals surface area contributed by atoms with Gasteiger partial charge >= 0.3 is 0 Å². The van der Waals surface area contributed by atoms with Gasteiger partial charge in [0.2, 0.25) is 11.8 Å². The van der Waals surface area contributed by atoms with Gasteiger partial charge in [0.15, 0.2) is 0 Å². The quantitative estimate of drug-likeness (QED) is 0.575. The molecule has 1 aliphatic heterocycles. The molecule has 2 rings (SSSR count). The monoisotopic (exact) mass is 218 g/mol. The maximum Gasteiger partial charge on any atom is 0.233 e. The van der Waals surface area contributed by atoms with E-state index in [2.05, 4.69) is 0 Å². The molecule has 4 heteroatoms. The molecule has 0 aliphatic carbocycles. The molecule has 1 saturated heterocycles. The first-order valence-corrected chi connectivity index (χ1v) is 5.31. The number of carbonyl (C=O) groups excluding carboxylic acids is 2. The Morgan fingerprint density at radius 2 is 1.81 bits per heavy atom. The molecular weight excluding hydrogens is 204 g/mol. The van der Waals surface area contributed by atoms with Crippen LogP contribution < -0.4 is 10.6 Å². The van der Waals surface area contributed by atoms with Crippen molar-refractivity contribution in [2.45, 2.75) is 26.2 Å². The van der Waals surface area contributed by atoms with Crippen LogP contribution in [-0.2, 0) is 9.59 Å². The number of amides is 2. The SMILES string of the molecule is Cc1ccc(N2C(=O)CCCC2=O)c(N)c1. The van der Waals surface area contributed by atoms with Gasteiger partial charge in [-0.15, -0.1) is 0 Å². The number of hydrogen-bond acceptors (Lipinski definition) is 3. The van der Waals surface area contributed by atoms with E-state index in [1.165, 1.54) is 4.90 Å². The smallest absolute Gasteiger partial charge is 0.233 e. The maximum absolute atomic E-state index is 11.7. The van der Waals surface area contributed by atoms with Crippen LogP contribution in [0.1, 0.15) is 24.8 Å². The molecule has 0 atom stereocenters. The number of rotatable bonds is 1. The van der Waals surface area contributed by atoms with Crippen LogP contribution in [0.25, 0.3) is 0 Å². The van der Waals surface area contributed by atoms with Gasteiger partial charge in [-0.25, -0.2) is 4.90 Å². The molecule has 0 saturated carbocycles. The summed E-state index contributed by atoms with van der Waals surface area (Å²) in [5.74, 6) is -0.321. The molecule has 1 fully saturated rings. The van der Waals surface area contributed by atoms with Crippen molar-refractivity contribution >= 4 is 23.2 Å². The van der Waals surface area contributed by atoms with Crippen LogP contribution in [-0.4, -0.2) is 11.8 Å². The number of benzene rings is 1. The number of carbonyl (C=O) groups is 2. The largest absolute Gasteiger partial charge is 0.397 e. The van der Waals surface area contributed by atoms with Crippen LogP contribution in [0.2, 0.25) is 0 Å². The zero-order valence-corrected chi connectivity index (χ0v) is 9.19. The molecule has 0 unspecified atom stereocenters. The summed E-state index contributed by atoms with van der Waals surface area (Å²) in [6, 6.07) is 5.34. The standard InChI is InChI=1S/C12H14N2O2/c1-8-5-6-10(9(13)7-8)14-11(15)3-2-4-12(14)16/h5-7H,2-4,13H2,1H3. The molecule has 2 N–H and O–H groups in total. The summed E-state index contributed by atoms with van der Waals surface area (Å²) in [4.78, 5) is 24.6. The first-order chi connectivity index (χ1) is 7.59. The molecule has 0 spiro atoms. The second-order valence-electron chi connectivity index (χ2n) is 4.04. The van der Waals surface area contributed by atoms with Gasteiger partial charge in [-0.2, -0.15) is 0 Å². The molecular formula is C12H14N2O2. The van der Waals surface area contributed by atoms with Gasteiger partial charge in [0.05, 0.1) is 11.4 Å². The van der Waals surface area contributed by atoms with Crippen LogP contribution in [0, 0.1) is 6.92 Å². The number of nitrogens with zero attached hydrogens (tertiary/aromatic N) is 1. The Kier molecular flexibility index (Phi) is 2.64. The van der Waals surface area contributed by atoms with Crippen LogP contribution in [0.15, 0.2) is 18.2 Å². The normalized spacial score (nSPS) is 16.7. The van der Waals surface area contributed by atoms with Crippen LogP contribution in [0.3, 0.4) is 0 Å². The molecule has 0 radical (unpaired) electrons. The lowest BCUT2D eigenvalue weighted by Crippen LogP contribution is -2.40. The molecule has 1 aromatic rings. The number of hydrogen-bond donors (Lipinski definition) is 1. The summed E-state index contributed by atoms with van der Waals surface area (Å²) in [7, 11) is 0. The second-order valence-corrected chi connectivity index (χ2v) is 4.04. The minimum absolute atomic E-state index is 0.160. The fraction of sp³-hybridized carbons (Fsp3) is 0.333. The molecule has 0 aromatic heterocycles. The Morgan fingerprint density at radius 3 is 2.38 bits per heavy atom. The van der Waals surface area contributed by atoms with E-state index in [1.54, 1.807) is 12.1 Å². The molecule has 1 aliphatic rings. The molecule has 84 valence electrons. The van der Waals surface area contributed by atoms with E-state index in [4.69, 9.17) is 5.73 Å². The van der Waals surface area contributed by atoms with Gasteiger partial charge in [-0.1, -0.05) is 6.07 Å². The number of anilines is 2. The van der Waals surface area contributed by atoms with E-state index in [0.29, 0.717) is 30.6 Å². The van der Waals surface area contributed by atoms with E-state index in [-0.39, 0.29) is 11.8 Å². The highest BCUT2D eigenvalue weighted by Crippen LogP contribution is 2.28. The summed E-state index contributed by atoms with van der Waals surface area (Å²) >= 11 is 0. The van der Waals surface area contributed by atoms with Gasteiger partial charge in [-0.05, 0) is 31.0 Å². The van der Waals surface area contributed by atoms with Gasteiger partial charge in [0, 0.05) is 12.8 Å². The van der Waals surface area contributed by atoms with Crippen molar-refractivity contribution in [2.75, 3.05) is 10.6 Å². The zero-order chi connectivity index (χ0) is 11.7. The molecule has 0 bridgehead atoms. The predicted molar refractivity (Wildman–Crippen MR) is 61.9 cm³/mol. The third kappa shape index (κ3) is 1.78. The van der Waals surface area contributed by atoms with E-state index < -0.39 is 0 Å². The topological polar surface area (TPSA) is 63.4 Å². The third-order valence-corrected chi connectivity index (χ3v) is 2.70. The zero-order valence-electron chi connectivity index (χ0n) is 9.19. The van der Waals surface area contributed by atoms with Crippen molar-refractivity contribution < 1.29 is 9.59 Å². The number of aryl methyl sites for hydroxylation is 1. The fourth-order valence-electron chi connectivity index (χ4n) is 1.90. The Morgan fingerprint density at radius 1 is 1.19 bits per heavy atom. The van der Waals surface area contributed by atoms with E-state index in [1.807, 2.05) is 13.0 Å². The predicted octanol–water partition coefficient (Wildman–Crippen LogP) is 1.62. The van der Waals surface area contributed by atoms with E-state index in [9.17, 15) is 9.59 Å². The second kappa shape index (κ2) is 3.96. The molecule has 16 heavy (non-hydrogen) atoms. The number of nitrogen functional groups attached to an aromatic ring is 1. The number of imide groups is 1. The average molecular weight is 218 g/mol. The first-order valence-electron chi connectivity index (χ1n) is 5.31. The average Bonchev–Trinajstić information content (AvgIpc) is 2.20. The fourth-order valence-corrected chi connectivity index (χ4v) is 1.90. The highest BCUT2D eigenvalue weighted by molar-refractivity contribution is 6.17. The van der Waals surface area contributed by atoms with Crippen molar-refractivity contribution in [1.29, 1.82) is 0 Å². The van der Waals surface area contributed by atoms with Crippen molar-refractivity contribution in [3.8, 4) is 0 Å². The van der Waals surface area contributed by atoms with Gasteiger partial charge in [0.1, 0.15) is 0 Å². The summed E-state index contributed by atoms with van der Waals surface area (Å²) in [6.07, 6.45) is 1.47. The lowest BCUT2D eigenvalue weighted by Gasteiger charge is -2.26.